The summed E-state index contributed by atoms with van der Waals surface area (Å²) >= 11 is 1.52. The van der Waals surface area contributed by atoms with Crippen LogP contribution in [0.25, 0.3) is 10.9 Å². The number of thiazole rings is 1. The molecule has 4 rings (SSSR count). The Bertz CT molecular complexity index is 1080. The highest BCUT2D eigenvalue weighted by Crippen LogP contribution is 2.20. The normalized spacial score (nSPS) is 11.5. The summed E-state index contributed by atoms with van der Waals surface area (Å²) in [6.07, 6.45) is 3.74. The number of hydrogen-bond donors (Lipinski definition) is 1. The Kier molecular flexibility index (Phi) is 4.50. The Hall–Kier alpha value is -2.99. The fourth-order valence-corrected chi connectivity index (χ4v) is 3.43. The van der Waals surface area contributed by atoms with Crippen molar-refractivity contribution in [2.24, 2.45) is 5.10 Å². The van der Waals surface area contributed by atoms with Gasteiger partial charge in [0.1, 0.15) is 5.82 Å². The first-order valence-electron chi connectivity index (χ1n) is 8.22. The van der Waals surface area contributed by atoms with Crippen LogP contribution >= 0.6 is 11.3 Å². The molecule has 0 amide bonds. The topological polar surface area (TPSA) is 42.2 Å². The van der Waals surface area contributed by atoms with Crippen molar-refractivity contribution in [2.75, 3.05) is 5.43 Å². The van der Waals surface area contributed by atoms with Crippen LogP contribution in [0.5, 0.6) is 0 Å². The average molecular weight is 364 g/mol. The fraction of sp³-hybridized carbons (Fsp3) is 0.100. The maximum Gasteiger partial charge on any atom is 0.203 e. The number of anilines is 1. The van der Waals surface area contributed by atoms with E-state index in [1.54, 1.807) is 12.3 Å². The van der Waals surface area contributed by atoms with E-state index in [2.05, 4.69) is 21.6 Å². The largest absolute Gasteiger partial charge is 0.343 e. The van der Waals surface area contributed by atoms with Gasteiger partial charge in [-0.15, -0.1) is 11.3 Å². The lowest BCUT2D eigenvalue weighted by atomic mass is 10.1. The zero-order valence-electron chi connectivity index (χ0n) is 14.2. The third-order valence-corrected chi connectivity index (χ3v) is 4.95. The van der Waals surface area contributed by atoms with Crippen molar-refractivity contribution in [3.05, 3.63) is 82.7 Å². The lowest BCUT2D eigenvalue weighted by Gasteiger charge is -2.07. The molecule has 0 saturated carbocycles. The SMILES string of the molecule is Cc1csc(NN=Cc2ccc3ccn(Cc4ccccc4F)c3c2)n1. The van der Waals surface area contributed by atoms with Crippen molar-refractivity contribution in [3.63, 3.8) is 0 Å². The summed E-state index contributed by atoms with van der Waals surface area (Å²) in [5.41, 5.74) is 6.59. The smallest absolute Gasteiger partial charge is 0.203 e. The van der Waals surface area contributed by atoms with Crippen LogP contribution in [-0.4, -0.2) is 15.8 Å². The van der Waals surface area contributed by atoms with Gasteiger partial charge < -0.3 is 4.57 Å². The highest BCUT2D eigenvalue weighted by atomic mass is 32.1. The predicted molar refractivity (Wildman–Crippen MR) is 106 cm³/mol. The molecule has 4 nitrogen and oxygen atoms in total. The quantitative estimate of drug-likeness (QED) is 0.398. The molecule has 2 aromatic heterocycles. The van der Waals surface area contributed by atoms with E-state index in [0.717, 1.165) is 27.3 Å². The Morgan fingerprint density at radius 3 is 2.92 bits per heavy atom. The number of hydrogen-bond acceptors (Lipinski definition) is 4. The van der Waals surface area contributed by atoms with Crippen LogP contribution in [0, 0.1) is 12.7 Å². The molecule has 0 spiro atoms. The second-order valence-corrected chi connectivity index (χ2v) is 6.88. The van der Waals surface area contributed by atoms with Gasteiger partial charge in [-0.3, -0.25) is 5.43 Å². The second-order valence-electron chi connectivity index (χ2n) is 6.02. The Morgan fingerprint density at radius 2 is 2.12 bits per heavy atom. The van der Waals surface area contributed by atoms with Crippen molar-refractivity contribution in [1.29, 1.82) is 0 Å². The number of aromatic nitrogens is 2. The van der Waals surface area contributed by atoms with E-state index in [1.165, 1.54) is 17.4 Å². The summed E-state index contributed by atoms with van der Waals surface area (Å²) in [5.74, 6) is -0.185. The van der Waals surface area contributed by atoms with E-state index in [4.69, 9.17) is 0 Å². The molecule has 0 atom stereocenters. The summed E-state index contributed by atoms with van der Waals surface area (Å²) in [6, 6.07) is 15.0. The van der Waals surface area contributed by atoms with Gasteiger partial charge in [0.15, 0.2) is 0 Å². The molecule has 6 heteroatoms. The minimum Gasteiger partial charge on any atom is -0.343 e. The van der Waals surface area contributed by atoms with Gasteiger partial charge >= 0.3 is 0 Å². The van der Waals surface area contributed by atoms with Gasteiger partial charge in [-0.25, -0.2) is 9.37 Å². The van der Waals surface area contributed by atoms with Gasteiger partial charge in [-0.1, -0.05) is 30.3 Å². The summed E-state index contributed by atoms with van der Waals surface area (Å²) in [5, 5.41) is 8.10. The van der Waals surface area contributed by atoms with Crippen molar-refractivity contribution < 1.29 is 4.39 Å². The summed E-state index contributed by atoms with van der Waals surface area (Å²) in [6.45, 7) is 2.44. The molecule has 0 bridgehead atoms. The zero-order chi connectivity index (χ0) is 17.9. The Balaban J connectivity index is 1.57. The third kappa shape index (κ3) is 3.50. The second kappa shape index (κ2) is 7.09. The summed E-state index contributed by atoms with van der Waals surface area (Å²) < 4.78 is 16.0. The number of nitrogens with zero attached hydrogens (tertiary/aromatic N) is 3. The lowest BCUT2D eigenvalue weighted by molar-refractivity contribution is 0.602. The van der Waals surface area contributed by atoms with Crippen LogP contribution in [0.3, 0.4) is 0 Å². The molecule has 4 aromatic rings. The number of aryl methyl sites for hydroxylation is 1. The molecule has 130 valence electrons. The van der Waals surface area contributed by atoms with Gasteiger partial charge in [0.2, 0.25) is 5.13 Å². The van der Waals surface area contributed by atoms with Crippen molar-refractivity contribution in [2.45, 2.75) is 13.5 Å². The fourth-order valence-electron chi connectivity index (χ4n) is 2.80. The molecule has 0 fully saturated rings. The van der Waals surface area contributed by atoms with Gasteiger partial charge in [0.05, 0.1) is 18.5 Å². The maximum absolute atomic E-state index is 13.9. The number of benzene rings is 2. The molecule has 0 aliphatic rings. The van der Waals surface area contributed by atoms with E-state index in [0.29, 0.717) is 12.1 Å². The van der Waals surface area contributed by atoms with Gasteiger partial charge in [0.25, 0.3) is 0 Å². The molecule has 0 aliphatic heterocycles. The predicted octanol–water partition coefficient (Wildman–Crippen LogP) is 5.04. The van der Waals surface area contributed by atoms with Crippen molar-refractivity contribution >= 4 is 33.6 Å². The molecule has 0 radical (unpaired) electrons. The Morgan fingerprint density at radius 1 is 1.23 bits per heavy atom. The monoisotopic (exact) mass is 364 g/mol. The zero-order valence-corrected chi connectivity index (χ0v) is 15.0. The molecule has 2 aromatic carbocycles. The van der Waals surface area contributed by atoms with Crippen LogP contribution in [0.4, 0.5) is 9.52 Å². The van der Waals surface area contributed by atoms with E-state index in [-0.39, 0.29) is 5.82 Å². The van der Waals surface area contributed by atoms with Crippen molar-refractivity contribution in [3.8, 4) is 0 Å². The van der Waals surface area contributed by atoms with E-state index >= 15 is 0 Å². The lowest BCUT2D eigenvalue weighted by Crippen LogP contribution is -2.00. The molecule has 0 saturated heterocycles. The maximum atomic E-state index is 13.9. The minimum absolute atomic E-state index is 0.185. The first kappa shape index (κ1) is 16.5. The van der Waals surface area contributed by atoms with Crippen molar-refractivity contribution in [1.82, 2.24) is 9.55 Å². The van der Waals surface area contributed by atoms with Crippen LogP contribution in [0.2, 0.25) is 0 Å². The van der Waals surface area contributed by atoms with E-state index in [9.17, 15) is 4.39 Å². The van der Waals surface area contributed by atoms with Crippen LogP contribution in [0.15, 0.2) is 65.2 Å². The number of fused-ring (bicyclic) bond motifs is 1. The number of nitrogens with one attached hydrogen (secondary N) is 1. The standard InChI is InChI=1S/C20H17FN4S/c1-14-13-26-20(23-14)24-22-11-15-6-7-16-8-9-25(19(16)10-15)12-17-4-2-3-5-18(17)21/h2-11,13H,12H2,1H3,(H,23,24). The molecule has 0 unspecified atom stereocenters. The number of halogens is 1. The first-order valence-corrected chi connectivity index (χ1v) is 9.10. The van der Waals surface area contributed by atoms with Crippen LogP contribution in [-0.2, 0) is 6.54 Å². The highest BCUT2D eigenvalue weighted by Gasteiger charge is 2.06. The first-order chi connectivity index (χ1) is 12.7. The third-order valence-electron chi connectivity index (χ3n) is 4.09. The van der Waals surface area contributed by atoms with Gasteiger partial charge in [-0.05, 0) is 36.1 Å². The average Bonchev–Trinajstić information content (AvgIpc) is 3.23. The van der Waals surface area contributed by atoms with Gasteiger partial charge in [0, 0.05) is 22.7 Å². The van der Waals surface area contributed by atoms with E-state index in [1.807, 2.05) is 53.4 Å². The van der Waals surface area contributed by atoms with Gasteiger partial charge in [-0.2, -0.15) is 5.10 Å². The summed E-state index contributed by atoms with van der Waals surface area (Å²) in [7, 11) is 0. The molecular weight excluding hydrogens is 347 g/mol. The van der Waals surface area contributed by atoms with E-state index < -0.39 is 0 Å². The highest BCUT2D eigenvalue weighted by molar-refractivity contribution is 7.13. The Labute approximate surface area is 154 Å². The molecular formula is C20H17FN4S. The number of rotatable bonds is 5. The van der Waals surface area contributed by atoms with Crippen LogP contribution < -0.4 is 5.43 Å². The van der Waals surface area contributed by atoms with Crippen LogP contribution in [0.1, 0.15) is 16.8 Å². The minimum atomic E-state index is -0.185. The molecule has 26 heavy (non-hydrogen) atoms. The molecule has 0 aliphatic carbocycles. The summed E-state index contributed by atoms with van der Waals surface area (Å²) in [4.78, 5) is 4.31. The number of hydrazone groups is 1. The molecule has 1 N–H and O–H groups in total. The molecule has 2 heterocycles.